The van der Waals surface area contributed by atoms with Crippen molar-refractivity contribution in [3.05, 3.63) is 131 Å². The number of fused-ring (bicyclic) bond motifs is 3. The second kappa shape index (κ2) is 7.99. The molecule has 30 heavy (non-hydrogen) atoms. The molecule has 3 atom stereocenters. The van der Waals surface area contributed by atoms with E-state index < -0.39 is 0 Å². The van der Waals surface area contributed by atoms with Crippen molar-refractivity contribution in [1.29, 1.82) is 0 Å². The van der Waals surface area contributed by atoms with E-state index in [0.29, 0.717) is 17.9 Å². The quantitative estimate of drug-likeness (QED) is 0.464. The van der Waals surface area contributed by atoms with Crippen molar-refractivity contribution in [2.75, 3.05) is 0 Å². The van der Waals surface area contributed by atoms with Gasteiger partial charge in [-0.3, -0.25) is 0 Å². The van der Waals surface area contributed by atoms with Crippen LogP contribution in [0.2, 0.25) is 0 Å². The van der Waals surface area contributed by atoms with E-state index in [4.69, 9.17) is 0 Å². The van der Waals surface area contributed by atoms with Crippen molar-refractivity contribution in [2.24, 2.45) is 11.8 Å². The minimum absolute atomic E-state index is 0.328. The van der Waals surface area contributed by atoms with Crippen molar-refractivity contribution in [2.45, 2.75) is 32.2 Å². The molecule has 0 aromatic carbocycles. The molecule has 0 saturated heterocycles. The Bertz CT molecular complexity index is 1060. The zero-order chi connectivity index (χ0) is 20.5. The van der Waals surface area contributed by atoms with E-state index in [-0.39, 0.29) is 0 Å². The minimum Gasteiger partial charge on any atom is -0.337 e. The van der Waals surface area contributed by atoms with Gasteiger partial charge in [0.05, 0.1) is 6.04 Å². The number of hydrogen-bond acceptors (Lipinski definition) is 1. The lowest BCUT2D eigenvalue weighted by atomic mass is 9.86. The molecule has 1 nitrogen and oxygen atoms in total. The molecule has 0 aromatic rings. The first kappa shape index (κ1) is 18.9. The summed E-state index contributed by atoms with van der Waals surface area (Å²) in [5.74, 6) is 0.882. The third-order valence-electron chi connectivity index (χ3n) is 6.62. The highest BCUT2D eigenvalue weighted by molar-refractivity contribution is 5.54. The van der Waals surface area contributed by atoms with Gasteiger partial charge in [-0.05, 0) is 60.1 Å². The summed E-state index contributed by atoms with van der Waals surface area (Å²) in [6.45, 7) is 6.71. The van der Waals surface area contributed by atoms with Gasteiger partial charge >= 0.3 is 0 Å². The molecule has 3 unspecified atom stereocenters. The molecular formula is C29H29N. The third-order valence-corrected chi connectivity index (χ3v) is 6.62. The van der Waals surface area contributed by atoms with Gasteiger partial charge in [-0.25, -0.2) is 0 Å². The van der Waals surface area contributed by atoms with Crippen molar-refractivity contribution in [1.82, 2.24) is 4.90 Å². The molecular weight excluding hydrogens is 362 g/mol. The Balaban J connectivity index is 1.61. The van der Waals surface area contributed by atoms with Gasteiger partial charge in [-0.15, -0.1) is 0 Å². The second-order valence-corrected chi connectivity index (χ2v) is 8.60. The van der Waals surface area contributed by atoms with E-state index in [1.165, 1.54) is 28.1 Å². The monoisotopic (exact) mass is 391 g/mol. The molecule has 0 saturated carbocycles. The van der Waals surface area contributed by atoms with E-state index in [9.17, 15) is 0 Å². The number of nitrogens with zero attached hydrogens (tertiary/aromatic N) is 1. The van der Waals surface area contributed by atoms with Crippen LogP contribution in [0.4, 0.5) is 0 Å². The molecule has 1 heteroatoms. The first-order chi connectivity index (χ1) is 14.7. The fourth-order valence-corrected chi connectivity index (χ4v) is 5.17. The fraction of sp³-hybridized carbons (Fsp3) is 0.241. The van der Waals surface area contributed by atoms with Gasteiger partial charge in [0.25, 0.3) is 0 Å². The van der Waals surface area contributed by atoms with Crippen molar-refractivity contribution >= 4 is 0 Å². The van der Waals surface area contributed by atoms with Crippen LogP contribution in [0, 0.1) is 11.8 Å². The Morgan fingerprint density at radius 3 is 2.77 bits per heavy atom. The molecule has 150 valence electrons. The zero-order valence-corrected chi connectivity index (χ0v) is 17.7. The highest BCUT2D eigenvalue weighted by Crippen LogP contribution is 2.45. The maximum absolute atomic E-state index is 4.46. The molecule has 0 N–H and O–H groups in total. The molecule has 4 aliphatic carbocycles. The molecule has 1 aliphatic heterocycles. The summed E-state index contributed by atoms with van der Waals surface area (Å²) in [5, 5.41) is 0. The molecule has 0 fully saturated rings. The lowest BCUT2D eigenvalue weighted by Gasteiger charge is -2.32. The Hall–Kier alpha value is -3.06. The van der Waals surface area contributed by atoms with Crippen molar-refractivity contribution < 1.29 is 0 Å². The molecule has 0 spiro atoms. The summed E-state index contributed by atoms with van der Waals surface area (Å²) in [6.07, 6.45) is 37.2. The van der Waals surface area contributed by atoms with Crippen molar-refractivity contribution in [3.8, 4) is 0 Å². The molecule has 0 amide bonds. The minimum atomic E-state index is 0.328. The van der Waals surface area contributed by atoms with Crippen LogP contribution in [0.1, 0.15) is 26.2 Å². The zero-order valence-electron chi connectivity index (χ0n) is 17.7. The highest BCUT2D eigenvalue weighted by atomic mass is 15.2. The van der Waals surface area contributed by atoms with Crippen LogP contribution < -0.4 is 0 Å². The molecule has 1 heterocycles. The average Bonchev–Trinajstić information content (AvgIpc) is 2.88. The van der Waals surface area contributed by atoms with Crippen LogP contribution in [0.3, 0.4) is 0 Å². The summed E-state index contributed by atoms with van der Waals surface area (Å²) in [4.78, 5) is 2.56. The van der Waals surface area contributed by atoms with Gasteiger partial charge in [-0.2, -0.15) is 0 Å². The van der Waals surface area contributed by atoms with E-state index in [0.717, 1.165) is 24.8 Å². The lowest BCUT2D eigenvalue weighted by Crippen LogP contribution is -2.32. The average molecular weight is 392 g/mol. The lowest BCUT2D eigenvalue weighted by molar-refractivity contribution is 0.369. The van der Waals surface area contributed by atoms with E-state index in [2.05, 4.69) is 110 Å². The van der Waals surface area contributed by atoms with Gasteiger partial charge in [0.1, 0.15) is 0 Å². The van der Waals surface area contributed by atoms with Crippen LogP contribution in [0.25, 0.3) is 0 Å². The second-order valence-electron chi connectivity index (χ2n) is 8.60. The van der Waals surface area contributed by atoms with Crippen LogP contribution in [-0.2, 0) is 0 Å². The van der Waals surface area contributed by atoms with Gasteiger partial charge < -0.3 is 4.90 Å². The maximum atomic E-state index is 4.46. The Labute approximate surface area is 180 Å². The predicted octanol–water partition coefficient (Wildman–Crippen LogP) is 7.03. The summed E-state index contributed by atoms with van der Waals surface area (Å²) >= 11 is 0. The van der Waals surface area contributed by atoms with Crippen LogP contribution >= 0.6 is 0 Å². The van der Waals surface area contributed by atoms with Gasteiger partial charge in [-0.1, -0.05) is 85.6 Å². The van der Waals surface area contributed by atoms with E-state index in [1.54, 1.807) is 0 Å². The van der Waals surface area contributed by atoms with Gasteiger partial charge in [0, 0.05) is 23.7 Å². The van der Waals surface area contributed by atoms with Gasteiger partial charge in [0.15, 0.2) is 0 Å². The van der Waals surface area contributed by atoms with Crippen LogP contribution in [-0.4, -0.2) is 10.9 Å². The smallest absolute Gasteiger partial charge is 0.0626 e. The number of allylic oxidation sites excluding steroid dienone is 16. The van der Waals surface area contributed by atoms with E-state index >= 15 is 0 Å². The Morgan fingerprint density at radius 1 is 0.967 bits per heavy atom. The number of rotatable bonds is 1. The molecule has 0 radical (unpaired) electrons. The topological polar surface area (TPSA) is 3.24 Å². The normalized spacial score (nSPS) is 32.6. The van der Waals surface area contributed by atoms with Crippen LogP contribution in [0.15, 0.2) is 131 Å². The molecule has 5 aliphatic rings. The standard InChI is InChI=1S/C29H29N/c1-21-11-3-9-18-28-29(21)26-16-8-10-17-27(26)30(28)25-15-7-5-13-23-12-4-6-14-24(20-23)22(2)19-25/h3-4,6-12,14-17,19-20,23,26-27H,2,5,13,18H2,1H3/b15-7-,25-19+. The molecule has 2 bridgehead atoms. The van der Waals surface area contributed by atoms with E-state index in [1.807, 2.05) is 0 Å². The first-order valence-corrected chi connectivity index (χ1v) is 11.1. The summed E-state index contributed by atoms with van der Waals surface area (Å²) in [6, 6.07) is 0.328. The molecule has 0 aromatic heterocycles. The van der Waals surface area contributed by atoms with Crippen molar-refractivity contribution in [3.63, 3.8) is 0 Å². The molecule has 5 rings (SSSR count). The van der Waals surface area contributed by atoms with Crippen LogP contribution in [0.5, 0.6) is 0 Å². The number of hydrogen-bond donors (Lipinski definition) is 0. The fourth-order valence-electron chi connectivity index (χ4n) is 5.17. The summed E-state index contributed by atoms with van der Waals surface area (Å²) in [7, 11) is 0. The van der Waals surface area contributed by atoms with Gasteiger partial charge in [0.2, 0.25) is 0 Å². The summed E-state index contributed by atoms with van der Waals surface area (Å²) < 4.78 is 0. The highest BCUT2D eigenvalue weighted by Gasteiger charge is 2.40. The predicted molar refractivity (Wildman–Crippen MR) is 127 cm³/mol. The third kappa shape index (κ3) is 3.39. The largest absolute Gasteiger partial charge is 0.337 e. The summed E-state index contributed by atoms with van der Waals surface area (Å²) in [5.41, 5.74) is 7.85. The maximum Gasteiger partial charge on any atom is 0.0626 e. The first-order valence-electron chi connectivity index (χ1n) is 11.1. The Morgan fingerprint density at radius 2 is 1.83 bits per heavy atom. The Kier molecular flexibility index (Phi) is 5.04. The SMILES string of the molecule is C=C1/C=C(N2C3=C(C(C)=CC=CC3)C3C=CC=CC32)\C=C/CCC2C=CC=CC1=C2.